The molecule has 7 aromatic carbocycles. The molecule has 1 nitrogen and oxygen atoms in total. The fourth-order valence-electron chi connectivity index (χ4n) is 6.71. The highest BCUT2D eigenvalue weighted by atomic mass is 79.9. The minimum Gasteiger partial charge on any atom is -0.309 e. The molecule has 0 saturated heterocycles. The number of para-hydroxylation sites is 1. The molecular formula is C42H30BrN. The van der Waals surface area contributed by atoms with Crippen LogP contribution in [-0.2, 0) is 0 Å². The van der Waals surface area contributed by atoms with Crippen LogP contribution >= 0.6 is 15.9 Å². The first-order valence-electron chi connectivity index (χ1n) is 15.0. The molecule has 0 aliphatic heterocycles. The molecule has 0 atom stereocenters. The Hall–Kier alpha value is -4.92. The number of aromatic nitrogens is 1. The van der Waals surface area contributed by atoms with Crippen LogP contribution in [-0.4, -0.2) is 4.57 Å². The third kappa shape index (κ3) is 4.46. The molecule has 0 amide bonds. The highest BCUT2D eigenvalue weighted by Gasteiger charge is 2.17. The Labute approximate surface area is 266 Å². The van der Waals surface area contributed by atoms with Gasteiger partial charge in [-0.2, -0.15) is 0 Å². The number of rotatable bonds is 4. The first-order valence-corrected chi connectivity index (χ1v) is 15.8. The summed E-state index contributed by atoms with van der Waals surface area (Å²) >= 11 is 3.56. The van der Waals surface area contributed by atoms with Gasteiger partial charge in [0.2, 0.25) is 0 Å². The lowest BCUT2D eigenvalue weighted by molar-refractivity contribution is 1.18. The van der Waals surface area contributed by atoms with Crippen molar-refractivity contribution in [3.63, 3.8) is 0 Å². The van der Waals surface area contributed by atoms with Gasteiger partial charge in [0.15, 0.2) is 0 Å². The van der Waals surface area contributed by atoms with Gasteiger partial charge in [0.05, 0.1) is 11.0 Å². The van der Waals surface area contributed by atoms with E-state index in [0.717, 1.165) is 4.47 Å². The van der Waals surface area contributed by atoms with Crippen molar-refractivity contribution in [1.29, 1.82) is 0 Å². The van der Waals surface area contributed by atoms with Crippen LogP contribution in [0.5, 0.6) is 0 Å². The molecule has 0 fully saturated rings. The van der Waals surface area contributed by atoms with Crippen molar-refractivity contribution in [2.45, 2.75) is 13.8 Å². The summed E-state index contributed by atoms with van der Waals surface area (Å²) in [5, 5.41) is 5.09. The first-order chi connectivity index (χ1) is 21.5. The molecular weight excluding hydrogens is 598 g/mol. The van der Waals surface area contributed by atoms with E-state index in [-0.39, 0.29) is 0 Å². The van der Waals surface area contributed by atoms with Gasteiger partial charge in [-0.15, -0.1) is 0 Å². The summed E-state index contributed by atoms with van der Waals surface area (Å²) < 4.78 is 3.51. The van der Waals surface area contributed by atoms with Crippen LogP contribution in [0.4, 0.5) is 0 Å². The maximum Gasteiger partial charge on any atom is 0.0547 e. The summed E-state index contributed by atoms with van der Waals surface area (Å²) in [7, 11) is 0. The molecule has 1 heterocycles. The Balaban J connectivity index is 1.36. The zero-order valence-electron chi connectivity index (χ0n) is 24.7. The van der Waals surface area contributed by atoms with E-state index in [1.54, 1.807) is 0 Å². The van der Waals surface area contributed by atoms with Gasteiger partial charge in [0.1, 0.15) is 0 Å². The van der Waals surface area contributed by atoms with Gasteiger partial charge >= 0.3 is 0 Å². The third-order valence-electron chi connectivity index (χ3n) is 9.00. The summed E-state index contributed by atoms with van der Waals surface area (Å²) in [5.74, 6) is 0. The topological polar surface area (TPSA) is 4.93 Å². The number of hydrogen-bond donors (Lipinski definition) is 0. The van der Waals surface area contributed by atoms with Crippen molar-refractivity contribution in [2.75, 3.05) is 0 Å². The quantitative estimate of drug-likeness (QED) is 0.183. The van der Waals surface area contributed by atoms with Crippen molar-refractivity contribution in [3.8, 4) is 39.1 Å². The van der Waals surface area contributed by atoms with Crippen molar-refractivity contribution in [1.82, 2.24) is 4.57 Å². The van der Waals surface area contributed by atoms with Crippen molar-refractivity contribution in [2.24, 2.45) is 0 Å². The number of hydrogen-bond acceptors (Lipinski definition) is 0. The van der Waals surface area contributed by atoms with Crippen LogP contribution in [0.2, 0.25) is 0 Å². The van der Waals surface area contributed by atoms with Crippen LogP contribution in [0.3, 0.4) is 0 Å². The molecule has 0 saturated carbocycles. The van der Waals surface area contributed by atoms with Crippen molar-refractivity contribution in [3.05, 3.63) is 161 Å². The molecule has 0 spiro atoms. The van der Waals surface area contributed by atoms with E-state index in [2.05, 4.69) is 180 Å². The average Bonchev–Trinajstić information content (AvgIpc) is 3.38. The molecule has 0 radical (unpaired) electrons. The Morgan fingerprint density at radius 3 is 1.93 bits per heavy atom. The molecule has 0 aliphatic carbocycles. The van der Waals surface area contributed by atoms with Crippen LogP contribution in [0.1, 0.15) is 11.1 Å². The summed E-state index contributed by atoms with van der Waals surface area (Å²) in [6.07, 6.45) is 0. The summed E-state index contributed by atoms with van der Waals surface area (Å²) in [4.78, 5) is 0. The number of halogens is 1. The van der Waals surface area contributed by atoms with Gasteiger partial charge in [0, 0.05) is 20.9 Å². The van der Waals surface area contributed by atoms with E-state index < -0.39 is 0 Å². The Kier molecular flexibility index (Phi) is 6.47. The monoisotopic (exact) mass is 627 g/mol. The molecule has 0 unspecified atom stereocenters. The van der Waals surface area contributed by atoms with Crippen LogP contribution in [0.15, 0.2) is 150 Å². The predicted octanol–water partition coefficient (Wildman–Crippen LogP) is 12.3. The fraction of sp³-hybridized carbons (Fsp3) is 0.0476. The summed E-state index contributed by atoms with van der Waals surface area (Å²) in [5.41, 5.74) is 13.7. The molecule has 0 N–H and O–H groups in total. The van der Waals surface area contributed by atoms with Crippen LogP contribution < -0.4 is 0 Å². The highest BCUT2D eigenvalue weighted by molar-refractivity contribution is 9.10. The number of aryl methyl sites for hydroxylation is 2. The molecule has 210 valence electrons. The number of benzene rings is 7. The SMILES string of the molecule is Cc1ccccc1-c1ccc2cc3c4cc(-c5cccc(-c6ccc(Br)cc6)c5)ccc4n(-c4ccccc4)c3cc2c1C. The van der Waals surface area contributed by atoms with Gasteiger partial charge in [-0.05, 0) is 124 Å². The van der Waals surface area contributed by atoms with Gasteiger partial charge < -0.3 is 4.57 Å². The average molecular weight is 629 g/mol. The number of fused-ring (bicyclic) bond motifs is 4. The van der Waals surface area contributed by atoms with Gasteiger partial charge in [-0.3, -0.25) is 0 Å². The maximum absolute atomic E-state index is 3.56. The highest BCUT2D eigenvalue weighted by Crippen LogP contribution is 2.40. The molecule has 8 rings (SSSR count). The Bertz CT molecular complexity index is 2340. The van der Waals surface area contributed by atoms with E-state index >= 15 is 0 Å². The Morgan fingerprint density at radius 2 is 1.14 bits per heavy atom. The second-order valence-corrected chi connectivity index (χ2v) is 12.5. The second-order valence-electron chi connectivity index (χ2n) is 11.6. The Morgan fingerprint density at radius 1 is 0.455 bits per heavy atom. The predicted molar refractivity (Wildman–Crippen MR) is 192 cm³/mol. The minimum absolute atomic E-state index is 1.09. The van der Waals surface area contributed by atoms with Crippen LogP contribution in [0.25, 0.3) is 71.6 Å². The largest absolute Gasteiger partial charge is 0.309 e. The van der Waals surface area contributed by atoms with Crippen molar-refractivity contribution >= 4 is 48.5 Å². The van der Waals surface area contributed by atoms with Gasteiger partial charge in [0.25, 0.3) is 0 Å². The number of nitrogens with zero attached hydrogens (tertiary/aromatic N) is 1. The smallest absolute Gasteiger partial charge is 0.0547 e. The van der Waals surface area contributed by atoms with E-state index in [9.17, 15) is 0 Å². The lowest BCUT2D eigenvalue weighted by Crippen LogP contribution is -1.94. The standard InChI is InChI=1S/C42H30BrN/c1-27-9-6-7-14-36(27)37-21-17-33-25-40-39-24-32(31-11-8-10-30(23-31)29-15-19-34(43)20-16-29)18-22-41(39)44(35-12-4-3-5-13-35)42(40)26-38(33)28(37)2/h3-26H,1-2H3. The van der Waals surface area contributed by atoms with E-state index in [1.807, 2.05) is 0 Å². The minimum atomic E-state index is 1.09. The van der Waals surface area contributed by atoms with Gasteiger partial charge in [-0.25, -0.2) is 0 Å². The van der Waals surface area contributed by atoms with Crippen LogP contribution in [0, 0.1) is 13.8 Å². The maximum atomic E-state index is 3.56. The molecule has 1 aromatic heterocycles. The molecule has 44 heavy (non-hydrogen) atoms. The summed E-state index contributed by atoms with van der Waals surface area (Å²) in [6, 6.07) is 53.1. The normalized spacial score (nSPS) is 11.5. The third-order valence-corrected chi connectivity index (χ3v) is 9.53. The lowest BCUT2D eigenvalue weighted by atomic mass is 9.92. The molecule has 8 aromatic rings. The van der Waals surface area contributed by atoms with E-state index in [1.165, 1.54) is 82.8 Å². The molecule has 2 heteroatoms. The fourth-order valence-corrected chi connectivity index (χ4v) is 6.97. The molecule has 0 bridgehead atoms. The lowest BCUT2D eigenvalue weighted by Gasteiger charge is -2.13. The first kappa shape index (κ1) is 26.7. The van der Waals surface area contributed by atoms with Gasteiger partial charge in [-0.1, -0.05) is 107 Å². The zero-order chi connectivity index (χ0) is 29.8. The summed E-state index contributed by atoms with van der Waals surface area (Å²) in [6.45, 7) is 4.46. The van der Waals surface area contributed by atoms with E-state index in [4.69, 9.17) is 0 Å². The van der Waals surface area contributed by atoms with Crippen molar-refractivity contribution < 1.29 is 0 Å². The zero-order valence-corrected chi connectivity index (χ0v) is 26.3. The van der Waals surface area contributed by atoms with E-state index in [0.29, 0.717) is 0 Å². The molecule has 0 aliphatic rings. The second kappa shape index (κ2) is 10.7.